The highest BCUT2D eigenvalue weighted by Crippen LogP contribution is 2.54. The third-order valence-electron chi connectivity index (χ3n) is 11.5. The maximum Gasteiger partial charge on any atom is 0.0549 e. The van der Waals surface area contributed by atoms with E-state index < -0.39 is 0 Å². The van der Waals surface area contributed by atoms with Gasteiger partial charge in [-0.25, -0.2) is 0 Å². The molecule has 4 aromatic rings. The standard InChI is InChI=1S/C45H42N2/c1-2-31-17-12-22-43-45(31)41-29-40-36(28-44(41)47(43)37-25-23-34(24-26-37)32-13-5-3-6-14-32)30-46(42-21-10-9-20-39(40)42)38-19-11-18-35(27-38)33-15-7-4-8-16-33/h3-16,18-23,25,27-29,31,41,43-45H,2,17,24,26,30H2,1H3. The van der Waals surface area contributed by atoms with Gasteiger partial charge >= 0.3 is 0 Å². The molecule has 5 unspecified atom stereocenters. The van der Waals surface area contributed by atoms with E-state index in [0.717, 1.165) is 19.4 Å². The minimum Gasteiger partial charge on any atom is -0.361 e. The summed E-state index contributed by atoms with van der Waals surface area (Å²) in [5.41, 5.74) is 13.7. The number of anilines is 2. The van der Waals surface area contributed by atoms with Gasteiger partial charge in [-0.3, -0.25) is 0 Å². The van der Waals surface area contributed by atoms with Crippen molar-refractivity contribution in [1.82, 2.24) is 4.90 Å². The van der Waals surface area contributed by atoms with E-state index in [0.29, 0.717) is 29.8 Å². The van der Waals surface area contributed by atoms with Crippen LogP contribution in [-0.4, -0.2) is 23.5 Å². The van der Waals surface area contributed by atoms with Crippen molar-refractivity contribution < 1.29 is 0 Å². The highest BCUT2D eigenvalue weighted by atomic mass is 15.2. The Morgan fingerprint density at radius 1 is 0.681 bits per heavy atom. The van der Waals surface area contributed by atoms with E-state index in [2.05, 4.69) is 162 Å². The summed E-state index contributed by atoms with van der Waals surface area (Å²) in [4.78, 5) is 5.38. The highest BCUT2D eigenvalue weighted by molar-refractivity contribution is 5.94. The zero-order valence-electron chi connectivity index (χ0n) is 27.2. The molecule has 2 nitrogen and oxygen atoms in total. The number of nitrogens with zero attached hydrogens (tertiary/aromatic N) is 2. The summed E-state index contributed by atoms with van der Waals surface area (Å²) in [7, 11) is 0. The minimum atomic E-state index is 0.376. The fourth-order valence-corrected chi connectivity index (χ4v) is 9.25. The molecule has 0 bridgehead atoms. The van der Waals surface area contributed by atoms with E-state index in [1.54, 1.807) is 0 Å². The van der Waals surface area contributed by atoms with E-state index in [1.807, 2.05) is 0 Å². The molecule has 5 aliphatic rings. The second kappa shape index (κ2) is 11.8. The van der Waals surface area contributed by atoms with Crippen LogP contribution in [0, 0.1) is 17.8 Å². The SMILES string of the molecule is CCC1CC=CC2C1C1C=C3C(=CC1N2C1=CC=C(c2ccccc2)CC1)CN(c1cccc(-c2ccccc2)c1)c1ccccc13. The molecule has 0 aromatic heterocycles. The van der Waals surface area contributed by atoms with Crippen LogP contribution in [0.5, 0.6) is 0 Å². The molecule has 9 rings (SSSR count). The van der Waals surface area contributed by atoms with Crippen molar-refractivity contribution in [3.05, 3.63) is 168 Å². The normalized spacial score (nSPS) is 25.9. The topological polar surface area (TPSA) is 6.48 Å². The van der Waals surface area contributed by atoms with E-state index in [1.165, 1.54) is 68.9 Å². The second-order valence-electron chi connectivity index (χ2n) is 13.9. The zero-order chi connectivity index (χ0) is 31.3. The van der Waals surface area contributed by atoms with Crippen molar-refractivity contribution in [2.45, 2.75) is 44.7 Å². The minimum absolute atomic E-state index is 0.376. The molecular weight excluding hydrogens is 569 g/mol. The van der Waals surface area contributed by atoms with Crippen LogP contribution in [-0.2, 0) is 0 Å². The molecule has 0 N–H and O–H groups in total. The number of hydrogen-bond acceptors (Lipinski definition) is 2. The van der Waals surface area contributed by atoms with Crippen LogP contribution in [0.2, 0.25) is 0 Å². The monoisotopic (exact) mass is 610 g/mol. The van der Waals surface area contributed by atoms with Gasteiger partial charge < -0.3 is 9.80 Å². The predicted octanol–water partition coefficient (Wildman–Crippen LogP) is 10.9. The van der Waals surface area contributed by atoms with Gasteiger partial charge in [-0.1, -0.05) is 135 Å². The number of likely N-dealkylation sites (tertiary alicyclic amines) is 1. The molecule has 0 spiro atoms. The zero-order valence-corrected chi connectivity index (χ0v) is 27.2. The first-order valence-corrected chi connectivity index (χ1v) is 17.6. The first-order valence-electron chi connectivity index (χ1n) is 17.6. The van der Waals surface area contributed by atoms with Crippen LogP contribution in [0.15, 0.2) is 157 Å². The van der Waals surface area contributed by atoms with Crippen LogP contribution in [0.1, 0.15) is 43.7 Å². The highest BCUT2D eigenvalue weighted by Gasteiger charge is 2.52. The van der Waals surface area contributed by atoms with Crippen LogP contribution in [0.3, 0.4) is 0 Å². The van der Waals surface area contributed by atoms with Crippen molar-refractivity contribution in [2.24, 2.45) is 17.8 Å². The smallest absolute Gasteiger partial charge is 0.0549 e. The van der Waals surface area contributed by atoms with Crippen LogP contribution < -0.4 is 4.90 Å². The van der Waals surface area contributed by atoms with Crippen molar-refractivity contribution in [3.8, 4) is 11.1 Å². The Morgan fingerprint density at radius 3 is 2.23 bits per heavy atom. The van der Waals surface area contributed by atoms with Gasteiger partial charge in [0.1, 0.15) is 0 Å². The fraction of sp³-hybridized carbons (Fsp3) is 0.244. The van der Waals surface area contributed by atoms with Crippen molar-refractivity contribution in [3.63, 3.8) is 0 Å². The third kappa shape index (κ3) is 4.85. The van der Waals surface area contributed by atoms with Crippen LogP contribution in [0.25, 0.3) is 22.3 Å². The van der Waals surface area contributed by atoms with Crippen LogP contribution in [0.4, 0.5) is 11.4 Å². The molecule has 232 valence electrons. The van der Waals surface area contributed by atoms with Gasteiger partial charge in [0.2, 0.25) is 0 Å². The summed E-state index contributed by atoms with van der Waals surface area (Å²) in [6, 6.07) is 40.7. The lowest BCUT2D eigenvalue weighted by Crippen LogP contribution is -2.38. The molecule has 0 amide bonds. The summed E-state index contributed by atoms with van der Waals surface area (Å²) < 4.78 is 0. The average Bonchev–Trinajstić information content (AvgIpc) is 3.48. The van der Waals surface area contributed by atoms with E-state index in [-0.39, 0.29) is 0 Å². The van der Waals surface area contributed by atoms with Crippen molar-refractivity contribution in [2.75, 3.05) is 11.4 Å². The Labute approximate surface area is 279 Å². The summed E-state index contributed by atoms with van der Waals surface area (Å²) in [6.45, 7) is 3.29. The molecular formula is C45H42N2. The number of fused-ring (bicyclic) bond motifs is 6. The van der Waals surface area contributed by atoms with Gasteiger partial charge in [0.25, 0.3) is 0 Å². The first kappa shape index (κ1) is 28.4. The van der Waals surface area contributed by atoms with Gasteiger partial charge in [0.15, 0.2) is 0 Å². The Balaban J connectivity index is 1.13. The third-order valence-corrected chi connectivity index (χ3v) is 11.5. The molecule has 2 heterocycles. The molecule has 2 heteroatoms. The predicted molar refractivity (Wildman–Crippen MR) is 197 cm³/mol. The molecule has 2 aliphatic heterocycles. The van der Waals surface area contributed by atoms with Gasteiger partial charge in [-0.05, 0) is 88.8 Å². The van der Waals surface area contributed by atoms with Crippen LogP contribution >= 0.6 is 0 Å². The number of rotatable bonds is 5. The molecule has 4 aromatic carbocycles. The fourth-order valence-electron chi connectivity index (χ4n) is 9.25. The number of allylic oxidation sites excluding steroid dienone is 5. The summed E-state index contributed by atoms with van der Waals surface area (Å²) in [5, 5.41) is 0. The number of benzene rings is 4. The van der Waals surface area contributed by atoms with E-state index in [4.69, 9.17) is 0 Å². The largest absolute Gasteiger partial charge is 0.361 e. The maximum atomic E-state index is 2.84. The lowest BCUT2D eigenvalue weighted by atomic mass is 9.69. The lowest BCUT2D eigenvalue weighted by molar-refractivity contribution is 0.229. The quantitative estimate of drug-likeness (QED) is 0.207. The molecule has 1 fully saturated rings. The van der Waals surface area contributed by atoms with Gasteiger partial charge in [0.05, 0.1) is 12.1 Å². The first-order chi connectivity index (χ1) is 23.3. The van der Waals surface area contributed by atoms with Crippen molar-refractivity contribution >= 4 is 22.5 Å². The molecule has 0 saturated carbocycles. The molecule has 47 heavy (non-hydrogen) atoms. The summed E-state index contributed by atoms with van der Waals surface area (Å²) in [5.74, 6) is 1.86. The van der Waals surface area contributed by atoms with Gasteiger partial charge in [-0.15, -0.1) is 0 Å². The van der Waals surface area contributed by atoms with Gasteiger partial charge in [-0.2, -0.15) is 0 Å². The molecule has 3 aliphatic carbocycles. The summed E-state index contributed by atoms with van der Waals surface area (Å²) >= 11 is 0. The number of para-hydroxylation sites is 1. The van der Waals surface area contributed by atoms with Gasteiger partial charge in [0, 0.05) is 35.1 Å². The van der Waals surface area contributed by atoms with E-state index in [9.17, 15) is 0 Å². The van der Waals surface area contributed by atoms with Crippen molar-refractivity contribution in [1.29, 1.82) is 0 Å². The number of hydrogen-bond donors (Lipinski definition) is 0. The summed E-state index contributed by atoms with van der Waals surface area (Å²) in [6.07, 6.45) is 19.9. The maximum absolute atomic E-state index is 2.84. The Morgan fingerprint density at radius 2 is 1.45 bits per heavy atom. The Kier molecular flexibility index (Phi) is 7.11. The Hall–Kier alpha value is -4.82. The second-order valence-corrected chi connectivity index (χ2v) is 13.9. The lowest BCUT2D eigenvalue weighted by Gasteiger charge is -2.40. The Bertz CT molecular complexity index is 1960. The molecule has 1 saturated heterocycles. The average molecular weight is 611 g/mol. The molecule has 5 atom stereocenters. The molecule has 0 radical (unpaired) electrons. The van der Waals surface area contributed by atoms with E-state index >= 15 is 0 Å².